The van der Waals surface area contributed by atoms with E-state index in [9.17, 15) is 14.4 Å². The average molecular weight is 421 g/mol. The fraction of sp³-hybridized carbons (Fsp3) is 0.136. The highest BCUT2D eigenvalue weighted by Crippen LogP contribution is 2.39. The predicted octanol–water partition coefficient (Wildman–Crippen LogP) is 3.41. The minimum absolute atomic E-state index is 0.0475. The normalized spacial score (nSPS) is 15.9. The quantitative estimate of drug-likeness (QED) is 0.635. The number of thioether (sulfide) groups is 1. The van der Waals surface area contributed by atoms with E-state index >= 15 is 0 Å². The number of para-hydroxylation sites is 1. The number of hydrogen-bond donors (Lipinski definition) is 2. The number of amides is 3. The highest BCUT2D eigenvalue weighted by Gasteiger charge is 2.33. The zero-order valence-corrected chi connectivity index (χ0v) is 16.7. The molecule has 1 saturated heterocycles. The Morgan fingerprint density at radius 3 is 2.57 bits per heavy atom. The van der Waals surface area contributed by atoms with E-state index in [1.54, 1.807) is 53.6 Å². The summed E-state index contributed by atoms with van der Waals surface area (Å²) in [4.78, 5) is 38.2. The molecule has 3 amide bonds. The first-order chi connectivity index (χ1) is 14.5. The molecule has 1 aliphatic rings. The van der Waals surface area contributed by atoms with Crippen LogP contribution in [0.4, 0.5) is 5.69 Å². The van der Waals surface area contributed by atoms with Gasteiger partial charge in [-0.1, -0.05) is 24.3 Å². The summed E-state index contributed by atoms with van der Waals surface area (Å²) in [6, 6.07) is 17.3. The molecule has 1 atom stereocenters. The number of hydrogen-bond acceptors (Lipinski definition) is 5. The van der Waals surface area contributed by atoms with Gasteiger partial charge in [-0.15, -0.1) is 11.8 Å². The number of nitrogens with zero attached hydrogens (tertiary/aromatic N) is 1. The topological polar surface area (TPSA) is 106 Å². The van der Waals surface area contributed by atoms with Gasteiger partial charge in [-0.05, 0) is 42.0 Å². The van der Waals surface area contributed by atoms with Crippen LogP contribution in [0.25, 0.3) is 0 Å². The molecule has 2 heterocycles. The second-order valence-corrected chi connectivity index (χ2v) is 7.82. The zero-order chi connectivity index (χ0) is 21.1. The van der Waals surface area contributed by atoms with Crippen LogP contribution in [0.2, 0.25) is 0 Å². The van der Waals surface area contributed by atoms with Gasteiger partial charge in [-0.2, -0.15) is 0 Å². The maximum atomic E-state index is 12.6. The van der Waals surface area contributed by atoms with Gasteiger partial charge in [-0.25, -0.2) is 0 Å². The molecule has 1 aliphatic heterocycles. The van der Waals surface area contributed by atoms with Crippen molar-refractivity contribution in [1.29, 1.82) is 0 Å². The van der Waals surface area contributed by atoms with Crippen LogP contribution in [0.1, 0.15) is 37.4 Å². The Hall–Kier alpha value is -3.52. The fourth-order valence-corrected chi connectivity index (χ4v) is 4.46. The first-order valence-electron chi connectivity index (χ1n) is 9.26. The Kier molecular flexibility index (Phi) is 5.58. The minimum atomic E-state index is -0.610. The third-order valence-corrected chi connectivity index (χ3v) is 6.03. The van der Waals surface area contributed by atoms with E-state index in [0.29, 0.717) is 23.5 Å². The van der Waals surface area contributed by atoms with Crippen molar-refractivity contribution in [3.63, 3.8) is 0 Å². The van der Waals surface area contributed by atoms with Crippen LogP contribution in [0.5, 0.6) is 0 Å². The monoisotopic (exact) mass is 421 g/mol. The molecule has 0 radical (unpaired) electrons. The summed E-state index contributed by atoms with van der Waals surface area (Å²) in [5.74, 6) is 0.210. The van der Waals surface area contributed by atoms with Crippen LogP contribution >= 0.6 is 11.8 Å². The van der Waals surface area contributed by atoms with Crippen LogP contribution in [-0.2, 0) is 11.3 Å². The van der Waals surface area contributed by atoms with E-state index in [-0.39, 0.29) is 22.8 Å². The molecular weight excluding hydrogens is 402 g/mol. The van der Waals surface area contributed by atoms with E-state index in [1.165, 1.54) is 11.8 Å². The standard InChI is InChI=1S/C22H19N3O4S/c23-20(27)17-5-1-2-6-18(17)24-21(28)14-7-9-15(10-8-14)22-25(19(26)13-30-22)12-16-4-3-11-29-16/h1-11,22H,12-13H2,(H2,23,27)(H,24,28)/t22-/m1/s1. The molecule has 7 nitrogen and oxygen atoms in total. The van der Waals surface area contributed by atoms with Crippen molar-refractivity contribution in [3.05, 3.63) is 89.4 Å². The van der Waals surface area contributed by atoms with Gasteiger partial charge in [0.25, 0.3) is 11.8 Å². The summed E-state index contributed by atoms with van der Waals surface area (Å²) in [6.45, 7) is 0.398. The molecule has 8 heteroatoms. The van der Waals surface area contributed by atoms with Crippen LogP contribution < -0.4 is 11.1 Å². The molecule has 2 aromatic carbocycles. The molecular formula is C22H19N3O4S. The molecule has 1 aromatic heterocycles. The molecule has 152 valence electrons. The first kappa shape index (κ1) is 19.8. The number of nitrogens with two attached hydrogens (primary N) is 1. The summed E-state index contributed by atoms with van der Waals surface area (Å²) in [5, 5.41) is 2.58. The number of primary amides is 1. The number of benzene rings is 2. The van der Waals surface area contributed by atoms with Crippen LogP contribution in [0.15, 0.2) is 71.3 Å². The third-order valence-electron chi connectivity index (χ3n) is 4.77. The van der Waals surface area contributed by atoms with Crippen molar-refractivity contribution in [1.82, 2.24) is 4.90 Å². The number of rotatable bonds is 6. The number of nitrogens with one attached hydrogen (secondary N) is 1. The Balaban J connectivity index is 1.49. The lowest BCUT2D eigenvalue weighted by atomic mass is 10.1. The van der Waals surface area contributed by atoms with E-state index in [2.05, 4.69) is 5.32 Å². The highest BCUT2D eigenvalue weighted by atomic mass is 32.2. The Morgan fingerprint density at radius 2 is 1.87 bits per heavy atom. The van der Waals surface area contributed by atoms with E-state index < -0.39 is 5.91 Å². The van der Waals surface area contributed by atoms with Crippen molar-refractivity contribution < 1.29 is 18.8 Å². The predicted molar refractivity (Wildman–Crippen MR) is 114 cm³/mol. The van der Waals surface area contributed by atoms with Gasteiger partial charge in [0.2, 0.25) is 5.91 Å². The molecule has 0 spiro atoms. The average Bonchev–Trinajstić information content (AvgIpc) is 3.39. The van der Waals surface area contributed by atoms with Crippen LogP contribution in [-0.4, -0.2) is 28.4 Å². The smallest absolute Gasteiger partial charge is 0.255 e. The van der Waals surface area contributed by atoms with Gasteiger partial charge in [0.05, 0.1) is 29.8 Å². The lowest BCUT2D eigenvalue weighted by molar-refractivity contribution is -0.128. The maximum absolute atomic E-state index is 12.6. The largest absolute Gasteiger partial charge is 0.467 e. The van der Waals surface area contributed by atoms with Crippen molar-refractivity contribution in [2.75, 3.05) is 11.1 Å². The summed E-state index contributed by atoms with van der Waals surface area (Å²) in [7, 11) is 0. The minimum Gasteiger partial charge on any atom is -0.467 e. The first-order valence-corrected chi connectivity index (χ1v) is 10.3. The van der Waals surface area contributed by atoms with Gasteiger partial charge < -0.3 is 20.4 Å². The van der Waals surface area contributed by atoms with E-state index in [0.717, 1.165) is 11.3 Å². The molecule has 30 heavy (non-hydrogen) atoms. The Bertz CT molecular complexity index is 1080. The van der Waals surface area contributed by atoms with Gasteiger partial charge in [0, 0.05) is 5.56 Å². The molecule has 0 aliphatic carbocycles. The number of carbonyl (C=O) groups excluding carboxylic acids is 3. The van der Waals surface area contributed by atoms with Gasteiger partial charge in [-0.3, -0.25) is 14.4 Å². The molecule has 1 fully saturated rings. The molecule has 0 unspecified atom stereocenters. The molecule has 4 rings (SSSR count). The number of anilines is 1. The third kappa shape index (κ3) is 4.08. The Labute approximate surface area is 177 Å². The highest BCUT2D eigenvalue weighted by molar-refractivity contribution is 8.00. The SMILES string of the molecule is NC(=O)c1ccccc1NC(=O)c1ccc([C@H]2SCC(=O)N2Cc2ccco2)cc1. The van der Waals surface area contributed by atoms with Crippen molar-refractivity contribution in [2.45, 2.75) is 11.9 Å². The van der Waals surface area contributed by atoms with Gasteiger partial charge >= 0.3 is 0 Å². The van der Waals surface area contributed by atoms with Crippen molar-refractivity contribution in [3.8, 4) is 0 Å². The van der Waals surface area contributed by atoms with Crippen molar-refractivity contribution in [2.24, 2.45) is 5.73 Å². The lowest BCUT2D eigenvalue weighted by Gasteiger charge is -2.23. The van der Waals surface area contributed by atoms with Crippen LogP contribution in [0, 0.1) is 0 Å². The van der Waals surface area contributed by atoms with Gasteiger partial charge in [0.15, 0.2) is 0 Å². The summed E-state index contributed by atoms with van der Waals surface area (Å²) < 4.78 is 5.37. The fourth-order valence-electron chi connectivity index (χ4n) is 3.27. The number of carbonyl (C=O) groups is 3. The second-order valence-electron chi connectivity index (χ2n) is 6.75. The lowest BCUT2D eigenvalue weighted by Crippen LogP contribution is -2.27. The van der Waals surface area contributed by atoms with E-state index in [4.69, 9.17) is 10.2 Å². The summed E-state index contributed by atoms with van der Waals surface area (Å²) in [5.41, 5.74) is 7.33. The van der Waals surface area contributed by atoms with Gasteiger partial charge in [0.1, 0.15) is 11.1 Å². The molecule has 3 aromatic rings. The Morgan fingerprint density at radius 1 is 1.10 bits per heavy atom. The summed E-state index contributed by atoms with van der Waals surface area (Å²) in [6.07, 6.45) is 1.59. The van der Waals surface area contributed by atoms with E-state index in [1.807, 2.05) is 18.2 Å². The summed E-state index contributed by atoms with van der Waals surface area (Å²) >= 11 is 1.54. The zero-order valence-electron chi connectivity index (χ0n) is 15.9. The van der Waals surface area contributed by atoms with Crippen LogP contribution in [0.3, 0.4) is 0 Å². The molecule has 0 bridgehead atoms. The number of furan rings is 1. The second kappa shape index (κ2) is 8.46. The maximum Gasteiger partial charge on any atom is 0.255 e. The molecule has 3 N–H and O–H groups in total. The molecule has 0 saturated carbocycles. The van der Waals surface area contributed by atoms with Crippen molar-refractivity contribution >= 4 is 35.2 Å².